The molecule has 482 valence electrons. The van der Waals surface area contributed by atoms with Crippen molar-refractivity contribution in [2.45, 2.75) is 343 Å². The predicted molar refractivity (Wildman–Crippen MR) is 314 cm³/mol. The maximum absolute atomic E-state index is 13.3. The minimum absolute atomic E-state index is 0.239. The third kappa shape index (κ3) is 29.3. The van der Waals surface area contributed by atoms with E-state index in [-0.39, 0.29) is 18.9 Å². The molecule has 19 heteroatoms. The summed E-state index contributed by atoms with van der Waals surface area (Å²) in [5.41, 5.74) is 0. The summed E-state index contributed by atoms with van der Waals surface area (Å²) in [5.74, 6) is -0.284. The monoisotopic (exact) mass is 1180 g/mol. The number of amides is 1. The molecule has 3 heterocycles. The average molecular weight is 1180 g/mol. The van der Waals surface area contributed by atoms with Crippen LogP contribution in [-0.4, -0.2) is 193 Å². The first-order valence-corrected chi connectivity index (χ1v) is 32.6. The minimum Gasteiger partial charge on any atom is -0.394 e. The zero-order valence-corrected chi connectivity index (χ0v) is 50.5. The second-order valence-corrected chi connectivity index (χ2v) is 23.6. The first-order valence-electron chi connectivity index (χ1n) is 32.6. The van der Waals surface area contributed by atoms with Crippen molar-refractivity contribution in [2.75, 3.05) is 26.4 Å². The van der Waals surface area contributed by atoms with Crippen LogP contribution in [0.4, 0.5) is 0 Å². The fourth-order valence-electron chi connectivity index (χ4n) is 11.1. The topological polar surface area (TPSA) is 307 Å². The number of carbonyl (C=O) groups is 1. The Labute approximate surface area is 492 Å². The highest BCUT2D eigenvalue weighted by Gasteiger charge is 2.53. The molecule has 82 heavy (non-hydrogen) atoms. The molecule has 3 aliphatic heterocycles. The molecule has 0 spiro atoms. The molecule has 0 radical (unpaired) electrons. The van der Waals surface area contributed by atoms with E-state index in [1.54, 1.807) is 6.08 Å². The van der Waals surface area contributed by atoms with Crippen molar-refractivity contribution in [3.8, 4) is 0 Å². The summed E-state index contributed by atoms with van der Waals surface area (Å²) in [7, 11) is 0. The zero-order chi connectivity index (χ0) is 59.7. The molecule has 0 aromatic carbocycles. The van der Waals surface area contributed by atoms with Crippen molar-refractivity contribution in [3.05, 3.63) is 24.3 Å². The first-order chi connectivity index (χ1) is 39.8. The van der Waals surface area contributed by atoms with Crippen molar-refractivity contribution in [1.29, 1.82) is 0 Å². The Hall–Kier alpha value is -1.73. The van der Waals surface area contributed by atoms with E-state index in [1.165, 1.54) is 167 Å². The van der Waals surface area contributed by atoms with Gasteiger partial charge in [-0.15, -0.1) is 0 Å². The zero-order valence-electron chi connectivity index (χ0n) is 50.5. The fourth-order valence-corrected chi connectivity index (χ4v) is 11.1. The molecule has 12 N–H and O–H groups in total. The van der Waals surface area contributed by atoms with Crippen LogP contribution in [0.2, 0.25) is 0 Å². The number of hydrogen-bond acceptors (Lipinski definition) is 18. The number of allylic oxidation sites excluding steroid dienone is 3. The smallest absolute Gasteiger partial charge is 0.220 e. The minimum atomic E-state index is -1.98. The number of aliphatic hydroxyl groups is 11. The maximum atomic E-state index is 13.3. The molecule has 17 atom stereocenters. The van der Waals surface area contributed by atoms with E-state index in [0.29, 0.717) is 12.8 Å². The Morgan fingerprint density at radius 3 is 1.22 bits per heavy atom. The van der Waals surface area contributed by atoms with Gasteiger partial charge in [0.05, 0.1) is 38.6 Å². The van der Waals surface area contributed by atoms with Gasteiger partial charge in [0, 0.05) is 6.42 Å². The van der Waals surface area contributed by atoms with Gasteiger partial charge >= 0.3 is 0 Å². The summed E-state index contributed by atoms with van der Waals surface area (Å²) < 4.78 is 34.2. The van der Waals surface area contributed by atoms with Crippen LogP contribution in [0.5, 0.6) is 0 Å². The molecule has 3 fully saturated rings. The van der Waals surface area contributed by atoms with Crippen LogP contribution in [0, 0.1) is 0 Å². The molecule has 17 unspecified atom stereocenters. The lowest BCUT2D eigenvalue weighted by Gasteiger charge is -2.48. The van der Waals surface area contributed by atoms with Gasteiger partial charge in [-0.25, -0.2) is 0 Å². The Balaban J connectivity index is 1.46. The highest BCUT2D eigenvalue weighted by Crippen LogP contribution is 2.33. The van der Waals surface area contributed by atoms with Crippen molar-refractivity contribution < 1.29 is 89.4 Å². The van der Waals surface area contributed by atoms with Gasteiger partial charge in [-0.05, 0) is 32.1 Å². The van der Waals surface area contributed by atoms with Crippen molar-refractivity contribution in [2.24, 2.45) is 0 Å². The van der Waals surface area contributed by atoms with Crippen LogP contribution >= 0.6 is 0 Å². The molecule has 1 amide bonds. The van der Waals surface area contributed by atoms with E-state index in [1.807, 2.05) is 6.08 Å². The summed E-state index contributed by atoms with van der Waals surface area (Å²) in [6.45, 7) is 1.71. The van der Waals surface area contributed by atoms with E-state index in [2.05, 4.69) is 31.3 Å². The number of ether oxygens (including phenoxy) is 6. The van der Waals surface area contributed by atoms with Crippen molar-refractivity contribution in [3.63, 3.8) is 0 Å². The highest BCUT2D eigenvalue weighted by molar-refractivity contribution is 5.76. The average Bonchev–Trinajstić information content (AvgIpc) is 3.66. The van der Waals surface area contributed by atoms with E-state index < -0.39 is 124 Å². The molecular formula is C63H117NO18. The Kier molecular flexibility index (Phi) is 42.2. The first kappa shape index (κ1) is 74.5. The molecule has 3 aliphatic rings. The number of carbonyl (C=O) groups excluding carboxylic acids is 1. The number of rotatable bonds is 49. The van der Waals surface area contributed by atoms with Gasteiger partial charge in [0.2, 0.25) is 5.91 Å². The van der Waals surface area contributed by atoms with Gasteiger partial charge in [0.15, 0.2) is 18.9 Å². The highest BCUT2D eigenvalue weighted by atomic mass is 16.8. The molecule has 0 aliphatic carbocycles. The number of unbranched alkanes of at least 4 members (excludes halogenated alkanes) is 31. The normalized spacial score (nSPS) is 29.7. The van der Waals surface area contributed by atoms with Crippen LogP contribution in [0.3, 0.4) is 0 Å². The Morgan fingerprint density at radius 2 is 0.780 bits per heavy atom. The van der Waals surface area contributed by atoms with Crippen LogP contribution in [-0.2, 0) is 33.2 Å². The van der Waals surface area contributed by atoms with Crippen LogP contribution in [0.15, 0.2) is 24.3 Å². The van der Waals surface area contributed by atoms with E-state index >= 15 is 0 Å². The van der Waals surface area contributed by atoms with E-state index in [4.69, 9.17) is 28.4 Å². The summed E-state index contributed by atoms with van der Waals surface area (Å²) in [4.78, 5) is 13.3. The quantitative estimate of drug-likeness (QED) is 0.0213. The largest absolute Gasteiger partial charge is 0.394 e. The third-order valence-corrected chi connectivity index (χ3v) is 16.5. The lowest BCUT2D eigenvalue weighted by atomic mass is 9.96. The summed E-state index contributed by atoms with van der Waals surface area (Å²) >= 11 is 0. The Morgan fingerprint density at radius 1 is 0.427 bits per heavy atom. The summed E-state index contributed by atoms with van der Waals surface area (Å²) in [6.07, 6.45) is 23.2. The van der Waals surface area contributed by atoms with E-state index in [9.17, 15) is 61.0 Å². The molecule has 3 saturated heterocycles. The predicted octanol–water partition coefficient (Wildman–Crippen LogP) is 7.10. The van der Waals surface area contributed by atoms with Crippen LogP contribution in [0.25, 0.3) is 0 Å². The molecule has 0 bridgehead atoms. The molecule has 19 nitrogen and oxygen atoms in total. The van der Waals surface area contributed by atoms with Crippen molar-refractivity contribution in [1.82, 2.24) is 5.32 Å². The van der Waals surface area contributed by atoms with Crippen molar-refractivity contribution >= 4 is 5.91 Å². The van der Waals surface area contributed by atoms with Gasteiger partial charge in [-0.3, -0.25) is 4.79 Å². The second kappa shape index (κ2) is 46.4. The standard InChI is InChI=1S/C63H117NO18/c1-3-5-7-9-11-13-15-17-18-19-20-21-22-23-24-25-26-27-28-29-30-32-34-36-38-40-47(68)46(64-51(69)41-39-37-35-33-31-16-14-12-10-8-6-4-2)45-77-61-57(75)54(72)59(49(43-66)79-61)82-63-58(76)55(73)60(50(44-67)80-63)81-62-56(74)53(71)52(70)48(42-65)78-62/h30,32,38,40,46-50,52-63,65-68,70-76H,3-29,31,33-37,39,41-45H2,1-2H3,(H,64,69)/b32-30+,40-38+. The van der Waals surface area contributed by atoms with Gasteiger partial charge < -0.3 is 89.9 Å². The summed E-state index contributed by atoms with van der Waals surface area (Å²) in [5, 5.41) is 120. The van der Waals surface area contributed by atoms with Crippen LogP contribution < -0.4 is 5.32 Å². The molecule has 0 aromatic rings. The molecule has 3 rings (SSSR count). The van der Waals surface area contributed by atoms with Gasteiger partial charge in [-0.1, -0.05) is 224 Å². The van der Waals surface area contributed by atoms with E-state index in [0.717, 1.165) is 38.5 Å². The fraction of sp³-hybridized carbons (Fsp3) is 0.921. The maximum Gasteiger partial charge on any atom is 0.220 e. The summed E-state index contributed by atoms with van der Waals surface area (Å²) in [6, 6.07) is -0.985. The van der Waals surface area contributed by atoms with Gasteiger partial charge in [0.1, 0.15) is 73.2 Å². The molecular weight excluding hydrogens is 1060 g/mol. The lowest BCUT2D eigenvalue weighted by Crippen LogP contribution is -2.66. The lowest BCUT2D eigenvalue weighted by molar-refractivity contribution is -0.379. The second-order valence-electron chi connectivity index (χ2n) is 23.6. The number of nitrogens with one attached hydrogen (secondary N) is 1. The third-order valence-electron chi connectivity index (χ3n) is 16.5. The molecule has 0 aromatic heterocycles. The number of hydrogen-bond donors (Lipinski definition) is 12. The Bertz CT molecular complexity index is 1590. The molecule has 0 saturated carbocycles. The van der Waals surface area contributed by atoms with Gasteiger partial charge in [-0.2, -0.15) is 0 Å². The van der Waals surface area contributed by atoms with Crippen LogP contribution in [0.1, 0.15) is 239 Å². The number of aliphatic hydroxyl groups excluding tert-OH is 11. The SMILES string of the molecule is CCCCCCCCCCCCCCCCCCCCC/C=C/CC/C=C/C(O)C(COC1OC(CO)C(OC2OC(CO)C(OC3OC(CO)C(O)C(O)C3O)C(O)C2O)C(O)C1O)NC(=O)CCCCCCCCCCCCCC. The van der Waals surface area contributed by atoms with Gasteiger partial charge in [0.25, 0.3) is 0 Å².